The van der Waals surface area contributed by atoms with Crippen LogP contribution in [-0.2, 0) is 4.74 Å². The summed E-state index contributed by atoms with van der Waals surface area (Å²) in [5.41, 5.74) is 0.760. The number of β-amino-alcohol motifs (C(OH)–C–C–N with tert-alkyl or cyclic N) is 1. The average Bonchev–Trinajstić information content (AvgIpc) is 2.75. The molecule has 2 bridgehead atoms. The minimum atomic E-state index is -0.229. The van der Waals surface area contributed by atoms with E-state index < -0.39 is 0 Å². The largest absolute Gasteiger partial charge is 0.392 e. The maximum atomic E-state index is 10.3. The Bertz CT molecular complexity index is 389. The van der Waals surface area contributed by atoms with Crippen LogP contribution < -0.4 is 0 Å². The van der Waals surface area contributed by atoms with Crippen LogP contribution in [0.4, 0.5) is 0 Å². The van der Waals surface area contributed by atoms with Crippen LogP contribution in [0, 0.1) is 16.7 Å². The second-order valence-electron chi connectivity index (χ2n) is 9.13. The Kier molecular flexibility index (Phi) is 5.40. The highest BCUT2D eigenvalue weighted by atomic mass is 16.5. The minimum Gasteiger partial charge on any atom is -0.392 e. The van der Waals surface area contributed by atoms with Crippen LogP contribution in [0.3, 0.4) is 0 Å². The Labute approximate surface area is 142 Å². The molecule has 4 atom stereocenters. The number of hydrogen-bond donors (Lipinski definition) is 1. The topological polar surface area (TPSA) is 32.7 Å². The Morgan fingerprint density at radius 1 is 1.13 bits per heavy atom. The molecule has 2 saturated carbocycles. The van der Waals surface area contributed by atoms with Gasteiger partial charge in [0.25, 0.3) is 0 Å². The van der Waals surface area contributed by atoms with Crippen LogP contribution in [0.5, 0.6) is 0 Å². The van der Waals surface area contributed by atoms with Gasteiger partial charge in [-0.2, -0.15) is 0 Å². The molecule has 2 aliphatic carbocycles. The number of rotatable bonds is 6. The van der Waals surface area contributed by atoms with E-state index >= 15 is 0 Å². The van der Waals surface area contributed by atoms with Crippen LogP contribution in [0.15, 0.2) is 0 Å². The van der Waals surface area contributed by atoms with E-state index in [1.54, 1.807) is 0 Å². The molecule has 1 heterocycles. The normalized spacial score (nSPS) is 38.6. The first-order chi connectivity index (χ1) is 10.9. The van der Waals surface area contributed by atoms with Crippen LogP contribution >= 0.6 is 0 Å². The van der Waals surface area contributed by atoms with E-state index in [1.165, 1.54) is 44.9 Å². The van der Waals surface area contributed by atoms with Crippen molar-refractivity contribution < 1.29 is 9.84 Å². The van der Waals surface area contributed by atoms with E-state index in [0.29, 0.717) is 16.9 Å². The summed E-state index contributed by atoms with van der Waals surface area (Å²) >= 11 is 0. The van der Waals surface area contributed by atoms with Crippen LogP contribution in [-0.4, -0.2) is 48.5 Å². The zero-order valence-electron chi connectivity index (χ0n) is 15.5. The summed E-state index contributed by atoms with van der Waals surface area (Å²) in [5, 5.41) is 10.3. The fourth-order valence-corrected chi connectivity index (χ4v) is 5.44. The highest BCUT2D eigenvalue weighted by Gasteiger charge is 2.61. The molecule has 0 aromatic heterocycles. The van der Waals surface area contributed by atoms with E-state index in [-0.39, 0.29) is 6.10 Å². The summed E-state index contributed by atoms with van der Waals surface area (Å²) in [5.74, 6) is 0.833. The third kappa shape index (κ3) is 3.48. The summed E-state index contributed by atoms with van der Waals surface area (Å²) in [6.45, 7) is 11.2. The third-order valence-corrected chi connectivity index (χ3v) is 7.65. The summed E-state index contributed by atoms with van der Waals surface area (Å²) in [7, 11) is 0. The first-order valence-corrected chi connectivity index (χ1v) is 9.95. The molecule has 3 rings (SSSR count). The van der Waals surface area contributed by atoms with Crippen molar-refractivity contribution >= 4 is 0 Å². The summed E-state index contributed by atoms with van der Waals surface area (Å²) < 4.78 is 6.28. The number of likely N-dealkylation sites (tertiary alicyclic amines) is 1. The lowest BCUT2D eigenvalue weighted by Gasteiger charge is -2.39. The molecule has 0 amide bonds. The van der Waals surface area contributed by atoms with Gasteiger partial charge in [0.1, 0.15) is 0 Å². The standard InChI is InChI=1S/C20H37NO2/c1-19(2)16-8-10-20(19,3)18(14-16)23-13-9-17(22)15-21-11-6-4-5-7-12-21/h16-18,22H,4-15H2,1-3H3/t16-,17-,18+,20+/m0/s1. The van der Waals surface area contributed by atoms with Crippen molar-refractivity contribution in [3.63, 3.8) is 0 Å². The molecule has 3 fully saturated rings. The van der Waals surface area contributed by atoms with Gasteiger partial charge < -0.3 is 14.7 Å². The van der Waals surface area contributed by atoms with Gasteiger partial charge in [-0.1, -0.05) is 33.6 Å². The maximum absolute atomic E-state index is 10.3. The van der Waals surface area contributed by atoms with Gasteiger partial charge >= 0.3 is 0 Å². The molecule has 1 N–H and O–H groups in total. The van der Waals surface area contributed by atoms with Crippen LogP contribution in [0.25, 0.3) is 0 Å². The lowest BCUT2D eigenvalue weighted by Crippen LogP contribution is -2.38. The van der Waals surface area contributed by atoms with Gasteiger partial charge in [-0.25, -0.2) is 0 Å². The Morgan fingerprint density at radius 2 is 1.83 bits per heavy atom. The Morgan fingerprint density at radius 3 is 2.39 bits per heavy atom. The maximum Gasteiger partial charge on any atom is 0.0689 e. The second-order valence-corrected chi connectivity index (χ2v) is 9.13. The molecule has 1 aliphatic heterocycles. The number of nitrogens with zero attached hydrogens (tertiary/aromatic N) is 1. The van der Waals surface area contributed by atoms with Crippen LogP contribution in [0.2, 0.25) is 0 Å². The summed E-state index contributed by atoms with van der Waals surface area (Å²) in [6.07, 6.45) is 10.2. The van der Waals surface area contributed by atoms with Crippen molar-refractivity contribution in [2.45, 2.75) is 84.3 Å². The highest BCUT2D eigenvalue weighted by Crippen LogP contribution is 2.66. The molecule has 3 heteroatoms. The summed E-state index contributed by atoms with van der Waals surface area (Å²) in [6, 6.07) is 0. The zero-order chi connectivity index (χ0) is 16.5. The van der Waals surface area contributed by atoms with E-state index in [4.69, 9.17) is 4.74 Å². The SMILES string of the molecule is CC1(C)[C@H]2CC[C@]1(C)[C@H](OCC[C@H](O)CN1CCCCCC1)C2. The van der Waals surface area contributed by atoms with Gasteiger partial charge in [-0.3, -0.25) is 0 Å². The van der Waals surface area contributed by atoms with Gasteiger partial charge in [0.05, 0.1) is 12.2 Å². The van der Waals surface area contributed by atoms with E-state index in [2.05, 4.69) is 25.7 Å². The second kappa shape index (κ2) is 7.01. The molecule has 0 unspecified atom stereocenters. The van der Waals surface area contributed by atoms with Crippen LogP contribution in [0.1, 0.15) is 72.1 Å². The Hall–Kier alpha value is -0.120. The first-order valence-electron chi connectivity index (χ1n) is 9.95. The lowest BCUT2D eigenvalue weighted by molar-refractivity contribution is -0.0563. The number of aliphatic hydroxyl groups excluding tert-OH is 1. The molecule has 0 radical (unpaired) electrons. The number of hydrogen-bond acceptors (Lipinski definition) is 3. The molecule has 0 aromatic rings. The average molecular weight is 324 g/mol. The monoisotopic (exact) mass is 323 g/mol. The Balaban J connectivity index is 1.40. The molecule has 3 nitrogen and oxygen atoms in total. The smallest absolute Gasteiger partial charge is 0.0689 e. The third-order valence-electron chi connectivity index (χ3n) is 7.65. The quantitative estimate of drug-likeness (QED) is 0.806. The van der Waals surface area contributed by atoms with Gasteiger partial charge in [-0.05, 0) is 68.4 Å². The molecule has 3 aliphatic rings. The van der Waals surface area contributed by atoms with Gasteiger partial charge in [0.15, 0.2) is 0 Å². The molecule has 0 spiro atoms. The van der Waals surface area contributed by atoms with Crippen molar-refractivity contribution in [1.82, 2.24) is 4.90 Å². The summed E-state index contributed by atoms with van der Waals surface area (Å²) in [4.78, 5) is 2.44. The van der Waals surface area contributed by atoms with Gasteiger partial charge in [-0.15, -0.1) is 0 Å². The number of aliphatic hydroxyl groups is 1. The van der Waals surface area contributed by atoms with Gasteiger partial charge in [0.2, 0.25) is 0 Å². The number of fused-ring (bicyclic) bond motifs is 2. The lowest BCUT2D eigenvalue weighted by atomic mass is 9.70. The zero-order valence-corrected chi connectivity index (χ0v) is 15.5. The van der Waals surface area contributed by atoms with Crippen molar-refractivity contribution in [1.29, 1.82) is 0 Å². The van der Waals surface area contributed by atoms with E-state index in [1.807, 2.05) is 0 Å². The minimum absolute atomic E-state index is 0.229. The molecule has 1 saturated heterocycles. The first kappa shape index (κ1) is 17.7. The van der Waals surface area contributed by atoms with Crippen molar-refractivity contribution in [3.05, 3.63) is 0 Å². The fraction of sp³-hybridized carbons (Fsp3) is 1.00. The van der Waals surface area contributed by atoms with Crippen molar-refractivity contribution in [2.75, 3.05) is 26.2 Å². The van der Waals surface area contributed by atoms with E-state index in [0.717, 1.165) is 38.6 Å². The predicted molar refractivity (Wildman–Crippen MR) is 94.5 cm³/mol. The molecule has 134 valence electrons. The highest BCUT2D eigenvalue weighted by molar-refractivity contribution is 5.11. The predicted octanol–water partition coefficient (Wildman–Crippen LogP) is 3.84. The van der Waals surface area contributed by atoms with Gasteiger partial charge in [0, 0.05) is 13.2 Å². The number of ether oxygens (including phenoxy) is 1. The van der Waals surface area contributed by atoms with E-state index in [9.17, 15) is 5.11 Å². The fourth-order valence-electron chi connectivity index (χ4n) is 5.44. The van der Waals surface area contributed by atoms with Crippen molar-refractivity contribution in [3.8, 4) is 0 Å². The molecular weight excluding hydrogens is 286 g/mol. The molecular formula is C20H37NO2. The van der Waals surface area contributed by atoms with Crippen molar-refractivity contribution in [2.24, 2.45) is 16.7 Å². The molecule has 0 aromatic carbocycles. The molecule has 23 heavy (non-hydrogen) atoms.